The van der Waals surface area contributed by atoms with Gasteiger partial charge in [0.2, 0.25) is 5.91 Å². The largest absolute Gasteiger partial charge is 0.480 e. The number of rotatable bonds is 6. The molecule has 0 saturated carbocycles. The highest BCUT2D eigenvalue weighted by Gasteiger charge is 2.24. The summed E-state index contributed by atoms with van der Waals surface area (Å²) in [6.45, 7) is 4.95. The summed E-state index contributed by atoms with van der Waals surface area (Å²) in [7, 11) is 0. The third-order valence-corrected chi connectivity index (χ3v) is 2.85. The third kappa shape index (κ3) is 7.10. The molecule has 24 heavy (non-hydrogen) atoms. The molecular weight excluding hydrogens is 314 g/mol. The number of carbonyl (C=O) groups excluding carboxylic acids is 2. The summed E-state index contributed by atoms with van der Waals surface area (Å²) in [6, 6.07) is 5.48. The molecule has 8 nitrogen and oxygen atoms in total. The SMILES string of the molecule is CC(C)(C)OC(=O)NC(Cc1ccc(NC(=O)CN)cc1)C(=O)O. The highest BCUT2D eigenvalue weighted by atomic mass is 16.6. The van der Waals surface area contributed by atoms with E-state index in [1.54, 1.807) is 45.0 Å². The number of ether oxygens (including phenoxy) is 1. The smallest absolute Gasteiger partial charge is 0.408 e. The normalized spacial score (nSPS) is 12.2. The molecule has 0 aliphatic carbocycles. The van der Waals surface area contributed by atoms with Crippen molar-refractivity contribution in [3.63, 3.8) is 0 Å². The van der Waals surface area contributed by atoms with Crippen LogP contribution in [0.4, 0.5) is 10.5 Å². The van der Waals surface area contributed by atoms with Crippen LogP contribution in [0.2, 0.25) is 0 Å². The van der Waals surface area contributed by atoms with Gasteiger partial charge >= 0.3 is 12.1 Å². The van der Waals surface area contributed by atoms with E-state index in [4.69, 9.17) is 10.5 Å². The maximum absolute atomic E-state index is 11.7. The Hall–Kier alpha value is -2.61. The van der Waals surface area contributed by atoms with Crippen molar-refractivity contribution in [1.29, 1.82) is 0 Å². The van der Waals surface area contributed by atoms with Gasteiger partial charge in [0.05, 0.1) is 6.54 Å². The van der Waals surface area contributed by atoms with Gasteiger partial charge in [-0.05, 0) is 38.5 Å². The average molecular weight is 337 g/mol. The van der Waals surface area contributed by atoms with Gasteiger partial charge in [0.1, 0.15) is 11.6 Å². The second-order valence-electron chi connectivity index (χ2n) is 6.19. The van der Waals surface area contributed by atoms with Gasteiger partial charge in [-0.25, -0.2) is 9.59 Å². The number of amides is 2. The molecule has 0 aromatic heterocycles. The summed E-state index contributed by atoms with van der Waals surface area (Å²) in [5, 5.41) is 14.2. The molecule has 1 atom stereocenters. The minimum Gasteiger partial charge on any atom is -0.480 e. The Morgan fingerprint density at radius 3 is 2.25 bits per heavy atom. The molecule has 0 radical (unpaired) electrons. The van der Waals surface area contributed by atoms with Crippen molar-refractivity contribution in [1.82, 2.24) is 5.32 Å². The van der Waals surface area contributed by atoms with Crippen LogP contribution in [0.15, 0.2) is 24.3 Å². The van der Waals surface area contributed by atoms with Crippen molar-refractivity contribution in [2.24, 2.45) is 5.73 Å². The molecule has 5 N–H and O–H groups in total. The number of nitrogens with one attached hydrogen (secondary N) is 2. The van der Waals surface area contributed by atoms with Crippen molar-refractivity contribution in [2.45, 2.75) is 38.8 Å². The molecular formula is C16H23N3O5. The highest BCUT2D eigenvalue weighted by molar-refractivity contribution is 5.92. The van der Waals surface area contributed by atoms with Crippen molar-refractivity contribution < 1.29 is 24.2 Å². The van der Waals surface area contributed by atoms with Crippen molar-refractivity contribution in [2.75, 3.05) is 11.9 Å². The van der Waals surface area contributed by atoms with E-state index in [1.165, 1.54) is 0 Å². The van der Waals surface area contributed by atoms with Gasteiger partial charge in [0.25, 0.3) is 0 Å². The summed E-state index contributed by atoms with van der Waals surface area (Å²) in [5.41, 5.74) is 5.74. The second-order valence-corrected chi connectivity index (χ2v) is 6.19. The fourth-order valence-corrected chi connectivity index (χ4v) is 1.82. The lowest BCUT2D eigenvalue weighted by molar-refractivity contribution is -0.139. The van der Waals surface area contributed by atoms with Crippen LogP contribution in [0.25, 0.3) is 0 Å². The molecule has 1 rings (SSSR count). The molecule has 1 aromatic rings. The standard InChI is InChI=1S/C16H23N3O5/c1-16(2,3)24-15(23)19-12(14(21)22)8-10-4-6-11(7-5-10)18-13(20)9-17/h4-7,12H,8-9,17H2,1-3H3,(H,18,20)(H,19,23)(H,21,22). The van der Waals surface area contributed by atoms with E-state index in [2.05, 4.69) is 10.6 Å². The summed E-state index contributed by atoms with van der Waals surface area (Å²) in [5.74, 6) is -1.49. The monoisotopic (exact) mass is 337 g/mol. The number of anilines is 1. The van der Waals surface area contributed by atoms with Crippen molar-refractivity contribution >= 4 is 23.7 Å². The van der Waals surface area contributed by atoms with Crippen LogP contribution in [0, 0.1) is 0 Å². The number of carboxylic acid groups (broad SMARTS) is 1. The van der Waals surface area contributed by atoms with Crippen molar-refractivity contribution in [3.05, 3.63) is 29.8 Å². The Bertz CT molecular complexity index is 593. The van der Waals surface area contributed by atoms with Crippen LogP contribution < -0.4 is 16.4 Å². The number of nitrogens with two attached hydrogens (primary N) is 1. The molecule has 2 amide bonds. The first-order chi connectivity index (χ1) is 11.1. The fourth-order valence-electron chi connectivity index (χ4n) is 1.82. The van der Waals surface area contributed by atoms with Crippen LogP contribution in [-0.4, -0.2) is 41.3 Å². The predicted molar refractivity (Wildman–Crippen MR) is 88.6 cm³/mol. The van der Waals surface area contributed by atoms with Crippen LogP contribution in [-0.2, 0) is 20.7 Å². The first-order valence-electron chi connectivity index (χ1n) is 7.42. The number of aliphatic carboxylic acids is 1. The molecule has 1 unspecified atom stereocenters. The summed E-state index contributed by atoms with van der Waals surface area (Å²) in [4.78, 5) is 34.2. The van der Waals surface area contributed by atoms with Crippen LogP contribution in [0.5, 0.6) is 0 Å². The number of carboxylic acids is 1. The molecule has 8 heteroatoms. The molecule has 0 saturated heterocycles. The zero-order chi connectivity index (χ0) is 18.3. The minimum absolute atomic E-state index is 0.0830. The number of benzene rings is 1. The Morgan fingerprint density at radius 1 is 1.21 bits per heavy atom. The molecule has 0 heterocycles. The zero-order valence-electron chi connectivity index (χ0n) is 14.0. The van der Waals surface area contributed by atoms with Gasteiger partial charge in [-0.15, -0.1) is 0 Å². The van der Waals surface area contributed by atoms with Gasteiger partial charge < -0.3 is 26.2 Å². The molecule has 0 aliphatic heterocycles. The molecule has 0 spiro atoms. The van der Waals surface area contributed by atoms with Crippen molar-refractivity contribution in [3.8, 4) is 0 Å². The highest BCUT2D eigenvalue weighted by Crippen LogP contribution is 2.12. The van der Waals surface area contributed by atoms with Gasteiger partial charge in [-0.3, -0.25) is 4.79 Å². The fraction of sp³-hybridized carbons (Fsp3) is 0.438. The van der Waals surface area contributed by atoms with E-state index in [0.717, 1.165) is 0 Å². The number of carbonyl (C=O) groups is 3. The van der Waals surface area contributed by atoms with Gasteiger partial charge in [0.15, 0.2) is 0 Å². The Labute approximate surface area is 140 Å². The molecule has 132 valence electrons. The predicted octanol–water partition coefficient (Wildman–Crippen LogP) is 1.10. The van der Waals surface area contributed by atoms with Crippen LogP contribution >= 0.6 is 0 Å². The lowest BCUT2D eigenvalue weighted by atomic mass is 10.1. The molecule has 1 aromatic carbocycles. The molecule has 0 fully saturated rings. The number of hydrogen-bond donors (Lipinski definition) is 4. The average Bonchev–Trinajstić information content (AvgIpc) is 2.46. The Kier molecular flexibility index (Phi) is 6.72. The van der Waals surface area contributed by atoms with E-state index >= 15 is 0 Å². The van der Waals surface area contributed by atoms with Crippen LogP contribution in [0.3, 0.4) is 0 Å². The van der Waals surface area contributed by atoms with Gasteiger partial charge in [-0.2, -0.15) is 0 Å². The van der Waals surface area contributed by atoms with E-state index in [1.807, 2.05) is 0 Å². The summed E-state index contributed by atoms with van der Waals surface area (Å²) < 4.78 is 5.06. The zero-order valence-corrected chi connectivity index (χ0v) is 14.0. The van der Waals surface area contributed by atoms with E-state index < -0.39 is 23.7 Å². The number of alkyl carbamates (subject to hydrolysis) is 1. The maximum Gasteiger partial charge on any atom is 0.408 e. The maximum atomic E-state index is 11.7. The Morgan fingerprint density at radius 2 is 1.79 bits per heavy atom. The lowest BCUT2D eigenvalue weighted by Gasteiger charge is -2.22. The summed E-state index contributed by atoms with van der Waals surface area (Å²) >= 11 is 0. The second kappa shape index (κ2) is 8.30. The van der Waals surface area contributed by atoms with Gasteiger partial charge in [-0.1, -0.05) is 12.1 Å². The van der Waals surface area contributed by atoms with Crippen LogP contribution in [0.1, 0.15) is 26.3 Å². The lowest BCUT2D eigenvalue weighted by Crippen LogP contribution is -2.44. The van der Waals surface area contributed by atoms with E-state index in [-0.39, 0.29) is 18.9 Å². The Balaban J connectivity index is 2.70. The van der Waals surface area contributed by atoms with E-state index in [0.29, 0.717) is 11.3 Å². The van der Waals surface area contributed by atoms with E-state index in [9.17, 15) is 19.5 Å². The first kappa shape index (κ1) is 19.4. The number of hydrogen-bond acceptors (Lipinski definition) is 5. The quantitative estimate of drug-likeness (QED) is 0.615. The molecule has 0 bridgehead atoms. The minimum atomic E-state index is -1.17. The molecule has 0 aliphatic rings. The van der Waals surface area contributed by atoms with Gasteiger partial charge in [0, 0.05) is 12.1 Å². The third-order valence-electron chi connectivity index (χ3n) is 2.85. The summed E-state index contributed by atoms with van der Waals surface area (Å²) in [6.07, 6.45) is -0.707. The first-order valence-corrected chi connectivity index (χ1v) is 7.42. The topological polar surface area (TPSA) is 131 Å².